The SMILES string of the molecule is NS(=O)(=O)c1cnc(NCCOc2ccccc2C(F)(F)F)s1. The highest BCUT2D eigenvalue weighted by atomic mass is 32.2. The number of aromatic nitrogens is 1. The topological polar surface area (TPSA) is 94.3 Å². The highest BCUT2D eigenvalue weighted by Gasteiger charge is 2.33. The molecule has 0 radical (unpaired) electrons. The first-order valence-corrected chi connectivity index (χ1v) is 8.56. The van der Waals surface area contributed by atoms with E-state index >= 15 is 0 Å². The average molecular weight is 367 g/mol. The fourth-order valence-corrected chi connectivity index (χ4v) is 3.09. The van der Waals surface area contributed by atoms with Crippen LogP contribution in [-0.4, -0.2) is 26.6 Å². The average Bonchev–Trinajstić information content (AvgIpc) is 2.92. The Morgan fingerprint density at radius 1 is 1.30 bits per heavy atom. The Balaban J connectivity index is 1.90. The molecule has 0 saturated carbocycles. The van der Waals surface area contributed by atoms with Crippen LogP contribution in [0.2, 0.25) is 0 Å². The van der Waals surface area contributed by atoms with Crippen LogP contribution in [-0.2, 0) is 16.2 Å². The van der Waals surface area contributed by atoms with Gasteiger partial charge < -0.3 is 10.1 Å². The maximum absolute atomic E-state index is 12.8. The number of benzene rings is 1. The summed E-state index contributed by atoms with van der Waals surface area (Å²) < 4.78 is 65.5. The second kappa shape index (κ2) is 6.72. The van der Waals surface area contributed by atoms with Crippen molar-refractivity contribution in [3.05, 3.63) is 36.0 Å². The van der Waals surface area contributed by atoms with Crippen LogP contribution < -0.4 is 15.2 Å². The van der Waals surface area contributed by atoms with Gasteiger partial charge >= 0.3 is 6.18 Å². The molecule has 11 heteroatoms. The lowest BCUT2D eigenvalue weighted by Gasteiger charge is -2.13. The fraction of sp³-hybridized carbons (Fsp3) is 0.250. The monoisotopic (exact) mass is 367 g/mol. The van der Waals surface area contributed by atoms with Gasteiger partial charge in [-0.05, 0) is 12.1 Å². The summed E-state index contributed by atoms with van der Waals surface area (Å²) in [5, 5.41) is 7.97. The number of hydrogen-bond donors (Lipinski definition) is 2. The summed E-state index contributed by atoms with van der Waals surface area (Å²) in [4.78, 5) is 3.80. The molecular formula is C12H12F3N3O3S2. The van der Waals surface area contributed by atoms with Gasteiger partial charge in [-0.25, -0.2) is 18.5 Å². The second-order valence-electron chi connectivity index (χ2n) is 4.30. The molecule has 1 aromatic heterocycles. The van der Waals surface area contributed by atoms with Gasteiger partial charge in [-0.1, -0.05) is 23.5 Å². The first kappa shape index (κ1) is 17.5. The van der Waals surface area contributed by atoms with Gasteiger partial charge in [0.2, 0.25) is 10.0 Å². The van der Waals surface area contributed by atoms with Crippen LogP contribution >= 0.6 is 11.3 Å². The van der Waals surface area contributed by atoms with E-state index in [-0.39, 0.29) is 28.2 Å². The Hall–Kier alpha value is -1.85. The first-order chi connectivity index (χ1) is 10.7. The quantitative estimate of drug-likeness (QED) is 0.764. The highest BCUT2D eigenvalue weighted by molar-refractivity contribution is 7.91. The van der Waals surface area contributed by atoms with Gasteiger partial charge in [0, 0.05) is 0 Å². The summed E-state index contributed by atoms with van der Waals surface area (Å²) in [7, 11) is -3.82. The molecule has 0 saturated heterocycles. The zero-order valence-electron chi connectivity index (χ0n) is 11.5. The molecule has 23 heavy (non-hydrogen) atoms. The standard InChI is InChI=1S/C12H12F3N3O3S2/c13-12(14,15)8-3-1-2-4-9(8)21-6-5-17-11-18-7-10(22-11)23(16,19)20/h1-4,7H,5-6H2,(H,17,18)(H2,16,19,20). The van der Waals surface area contributed by atoms with E-state index < -0.39 is 21.8 Å². The third-order valence-electron chi connectivity index (χ3n) is 2.59. The smallest absolute Gasteiger partial charge is 0.419 e. The van der Waals surface area contributed by atoms with E-state index in [4.69, 9.17) is 9.88 Å². The third kappa shape index (κ3) is 4.81. The summed E-state index contributed by atoms with van der Waals surface area (Å²) >= 11 is 0.823. The van der Waals surface area contributed by atoms with E-state index in [0.717, 1.165) is 23.6 Å². The summed E-state index contributed by atoms with van der Waals surface area (Å²) in [6.45, 7) is 0.0845. The molecule has 0 bridgehead atoms. The Morgan fingerprint density at radius 2 is 2.00 bits per heavy atom. The Labute approximate surface area is 134 Å². The van der Waals surface area contributed by atoms with Crippen LogP contribution in [0.5, 0.6) is 5.75 Å². The van der Waals surface area contributed by atoms with Gasteiger partial charge in [0.1, 0.15) is 12.4 Å². The van der Waals surface area contributed by atoms with Crippen molar-refractivity contribution < 1.29 is 26.3 Å². The summed E-state index contributed by atoms with van der Waals surface area (Å²) in [6.07, 6.45) is -3.40. The van der Waals surface area contributed by atoms with Crippen molar-refractivity contribution >= 4 is 26.5 Å². The van der Waals surface area contributed by atoms with Crippen LogP contribution in [0.4, 0.5) is 18.3 Å². The molecular weight excluding hydrogens is 355 g/mol. The molecule has 0 amide bonds. The number of hydrogen-bond acceptors (Lipinski definition) is 6. The van der Waals surface area contributed by atoms with Crippen LogP contribution in [0.3, 0.4) is 0 Å². The lowest BCUT2D eigenvalue weighted by molar-refractivity contribution is -0.138. The number of nitrogens with zero attached hydrogens (tertiary/aromatic N) is 1. The van der Waals surface area contributed by atoms with Crippen LogP contribution in [0.1, 0.15) is 5.56 Å². The van der Waals surface area contributed by atoms with Crippen molar-refractivity contribution in [2.45, 2.75) is 10.4 Å². The summed E-state index contributed by atoms with van der Waals surface area (Å²) in [5.41, 5.74) is -0.856. The minimum absolute atomic E-state index is 0.0582. The maximum atomic E-state index is 12.8. The van der Waals surface area contributed by atoms with Gasteiger partial charge in [0.15, 0.2) is 9.34 Å². The van der Waals surface area contributed by atoms with Gasteiger partial charge in [-0.15, -0.1) is 0 Å². The molecule has 1 aromatic carbocycles. The predicted octanol–water partition coefficient (Wildman–Crippen LogP) is 2.30. The molecule has 0 atom stereocenters. The number of primary sulfonamides is 1. The molecule has 0 unspecified atom stereocenters. The fourth-order valence-electron chi connectivity index (χ4n) is 1.62. The molecule has 0 fully saturated rings. The lowest BCUT2D eigenvalue weighted by Crippen LogP contribution is -2.14. The van der Waals surface area contributed by atoms with Gasteiger partial charge in [-0.2, -0.15) is 13.2 Å². The number of nitrogens with one attached hydrogen (secondary N) is 1. The van der Waals surface area contributed by atoms with E-state index in [1.165, 1.54) is 18.2 Å². The number of halogens is 3. The highest BCUT2D eigenvalue weighted by Crippen LogP contribution is 2.35. The summed E-state index contributed by atoms with van der Waals surface area (Å²) in [6, 6.07) is 4.88. The maximum Gasteiger partial charge on any atom is 0.419 e. The minimum Gasteiger partial charge on any atom is -0.491 e. The Morgan fingerprint density at radius 3 is 2.61 bits per heavy atom. The van der Waals surface area contributed by atoms with Crippen LogP contribution in [0.25, 0.3) is 0 Å². The van der Waals surface area contributed by atoms with Crippen molar-refractivity contribution in [3.63, 3.8) is 0 Å². The van der Waals surface area contributed by atoms with E-state index in [1.54, 1.807) is 0 Å². The molecule has 3 N–H and O–H groups in total. The zero-order valence-corrected chi connectivity index (χ0v) is 13.1. The van der Waals surface area contributed by atoms with Crippen molar-refractivity contribution in [2.24, 2.45) is 5.14 Å². The van der Waals surface area contributed by atoms with Crippen molar-refractivity contribution in [1.29, 1.82) is 0 Å². The minimum atomic E-state index is -4.50. The van der Waals surface area contributed by atoms with Crippen LogP contribution in [0.15, 0.2) is 34.7 Å². The van der Waals surface area contributed by atoms with E-state index in [0.29, 0.717) is 0 Å². The largest absolute Gasteiger partial charge is 0.491 e. The second-order valence-corrected chi connectivity index (χ2v) is 7.12. The molecule has 0 spiro atoms. The molecule has 0 aliphatic carbocycles. The number of anilines is 1. The molecule has 2 rings (SSSR count). The molecule has 1 heterocycles. The zero-order chi connectivity index (χ0) is 17.1. The van der Waals surface area contributed by atoms with E-state index in [9.17, 15) is 21.6 Å². The predicted molar refractivity (Wildman–Crippen MR) is 78.9 cm³/mol. The number of para-hydroxylation sites is 1. The number of alkyl halides is 3. The molecule has 2 aromatic rings. The number of ether oxygens (including phenoxy) is 1. The number of thiazole rings is 1. The Bertz CT molecular complexity index is 775. The normalized spacial score (nSPS) is 12.2. The van der Waals surface area contributed by atoms with Crippen LogP contribution in [0, 0.1) is 0 Å². The molecule has 0 aliphatic rings. The number of sulfonamides is 1. The lowest BCUT2D eigenvalue weighted by atomic mass is 10.2. The van der Waals surface area contributed by atoms with Gasteiger partial charge in [0.05, 0.1) is 18.3 Å². The summed E-state index contributed by atoms with van der Waals surface area (Å²) in [5.74, 6) is -0.272. The van der Waals surface area contributed by atoms with Gasteiger partial charge in [0.25, 0.3) is 0 Å². The van der Waals surface area contributed by atoms with E-state index in [1.807, 2.05) is 0 Å². The van der Waals surface area contributed by atoms with Crippen molar-refractivity contribution in [1.82, 2.24) is 4.98 Å². The third-order valence-corrected chi connectivity index (χ3v) is 4.96. The van der Waals surface area contributed by atoms with Crippen molar-refractivity contribution in [2.75, 3.05) is 18.5 Å². The molecule has 6 nitrogen and oxygen atoms in total. The Kier molecular flexibility index (Phi) is 5.12. The van der Waals surface area contributed by atoms with Crippen molar-refractivity contribution in [3.8, 4) is 5.75 Å². The van der Waals surface area contributed by atoms with E-state index in [2.05, 4.69) is 10.3 Å². The van der Waals surface area contributed by atoms with Gasteiger partial charge in [-0.3, -0.25) is 0 Å². The molecule has 126 valence electrons. The molecule has 0 aliphatic heterocycles. The first-order valence-electron chi connectivity index (χ1n) is 6.19. The number of rotatable bonds is 6. The number of nitrogens with two attached hydrogens (primary N) is 1.